The molecule has 7 nitrogen and oxygen atoms in total. The maximum atomic E-state index is 10.8. The third kappa shape index (κ3) is 1.91. The SMILES string of the molecule is O=C(O)c1nonc1N1CCC(O)CC1. The number of nitrogens with zero attached hydrogens (tertiary/aromatic N) is 3. The maximum absolute atomic E-state index is 10.8. The molecule has 0 aliphatic carbocycles. The lowest BCUT2D eigenvalue weighted by atomic mass is 10.1. The molecule has 1 aromatic heterocycles. The van der Waals surface area contributed by atoms with Gasteiger partial charge in [-0.25, -0.2) is 9.42 Å². The summed E-state index contributed by atoms with van der Waals surface area (Å²) in [5.74, 6) is -0.910. The predicted molar refractivity (Wildman–Crippen MR) is 48.7 cm³/mol. The number of hydrogen-bond donors (Lipinski definition) is 2. The summed E-state index contributed by atoms with van der Waals surface area (Å²) in [7, 11) is 0. The molecule has 0 radical (unpaired) electrons. The lowest BCUT2D eigenvalue weighted by Gasteiger charge is -2.28. The highest BCUT2D eigenvalue weighted by Crippen LogP contribution is 2.20. The Morgan fingerprint density at radius 2 is 2.07 bits per heavy atom. The molecule has 1 fully saturated rings. The van der Waals surface area contributed by atoms with Crippen LogP contribution in [0, 0.1) is 0 Å². The van der Waals surface area contributed by atoms with E-state index in [0.29, 0.717) is 25.9 Å². The number of carbonyl (C=O) groups is 1. The molecule has 1 aliphatic rings. The first-order chi connectivity index (χ1) is 7.18. The summed E-state index contributed by atoms with van der Waals surface area (Å²) >= 11 is 0. The van der Waals surface area contributed by atoms with Crippen LogP contribution in [0.25, 0.3) is 0 Å². The van der Waals surface area contributed by atoms with Crippen LogP contribution in [0.5, 0.6) is 0 Å². The van der Waals surface area contributed by atoms with Crippen molar-refractivity contribution >= 4 is 11.8 Å². The van der Waals surface area contributed by atoms with E-state index in [1.807, 2.05) is 0 Å². The van der Waals surface area contributed by atoms with Gasteiger partial charge in [0.25, 0.3) is 0 Å². The highest BCUT2D eigenvalue weighted by atomic mass is 16.6. The summed E-state index contributed by atoms with van der Waals surface area (Å²) in [4.78, 5) is 12.5. The first-order valence-corrected chi connectivity index (χ1v) is 4.67. The van der Waals surface area contributed by atoms with Crippen LogP contribution in [0.1, 0.15) is 23.3 Å². The molecule has 0 bridgehead atoms. The van der Waals surface area contributed by atoms with E-state index >= 15 is 0 Å². The molecule has 0 aromatic carbocycles. The monoisotopic (exact) mass is 213 g/mol. The number of aromatic carboxylic acids is 1. The van der Waals surface area contributed by atoms with Gasteiger partial charge in [-0.05, 0) is 23.2 Å². The lowest BCUT2D eigenvalue weighted by molar-refractivity contribution is 0.0685. The Kier molecular flexibility index (Phi) is 2.55. The second-order valence-corrected chi connectivity index (χ2v) is 3.46. The van der Waals surface area contributed by atoms with Gasteiger partial charge in [-0.2, -0.15) is 0 Å². The summed E-state index contributed by atoms with van der Waals surface area (Å²) in [6, 6.07) is 0. The smallest absolute Gasteiger partial charge is 0.362 e. The summed E-state index contributed by atoms with van der Waals surface area (Å²) < 4.78 is 4.40. The summed E-state index contributed by atoms with van der Waals surface area (Å²) in [5, 5.41) is 25.0. The van der Waals surface area contributed by atoms with Crippen molar-refractivity contribution in [2.24, 2.45) is 0 Å². The van der Waals surface area contributed by atoms with Crippen LogP contribution in [0.4, 0.5) is 5.82 Å². The van der Waals surface area contributed by atoms with E-state index in [9.17, 15) is 9.90 Å². The van der Waals surface area contributed by atoms with Crippen molar-refractivity contribution in [1.82, 2.24) is 10.3 Å². The third-order valence-electron chi connectivity index (χ3n) is 2.44. The van der Waals surface area contributed by atoms with Crippen molar-refractivity contribution in [3.05, 3.63) is 5.69 Å². The first kappa shape index (κ1) is 9.91. The van der Waals surface area contributed by atoms with Gasteiger partial charge in [0.1, 0.15) is 0 Å². The van der Waals surface area contributed by atoms with Crippen LogP contribution >= 0.6 is 0 Å². The Morgan fingerprint density at radius 1 is 1.40 bits per heavy atom. The Labute approximate surface area is 85.3 Å². The quantitative estimate of drug-likeness (QED) is 0.697. The molecule has 0 atom stereocenters. The molecule has 1 aliphatic heterocycles. The van der Waals surface area contributed by atoms with Gasteiger partial charge in [-0.3, -0.25) is 0 Å². The lowest BCUT2D eigenvalue weighted by Crippen LogP contribution is -2.36. The molecular weight excluding hydrogens is 202 g/mol. The van der Waals surface area contributed by atoms with Gasteiger partial charge in [0, 0.05) is 13.1 Å². The minimum atomic E-state index is -1.16. The van der Waals surface area contributed by atoms with Crippen LogP contribution in [0.3, 0.4) is 0 Å². The average molecular weight is 213 g/mol. The molecule has 15 heavy (non-hydrogen) atoms. The molecule has 7 heteroatoms. The first-order valence-electron chi connectivity index (χ1n) is 4.67. The number of carboxylic acid groups (broad SMARTS) is 1. The van der Waals surface area contributed by atoms with E-state index in [4.69, 9.17) is 5.11 Å². The molecule has 2 N–H and O–H groups in total. The van der Waals surface area contributed by atoms with Crippen molar-refractivity contribution in [2.45, 2.75) is 18.9 Å². The highest BCUT2D eigenvalue weighted by molar-refractivity contribution is 5.90. The molecule has 82 valence electrons. The average Bonchev–Trinajstić information content (AvgIpc) is 2.67. The molecule has 2 heterocycles. The number of carboxylic acids is 1. The fourth-order valence-electron chi connectivity index (χ4n) is 1.60. The second kappa shape index (κ2) is 3.85. The number of aromatic nitrogens is 2. The van der Waals surface area contributed by atoms with Crippen molar-refractivity contribution in [3.63, 3.8) is 0 Å². The Morgan fingerprint density at radius 3 is 2.67 bits per heavy atom. The largest absolute Gasteiger partial charge is 0.476 e. The van der Waals surface area contributed by atoms with Gasteiger partial charge in [0.05, 0.1) is 6.10 Å². The van der Waals surface area contributed by atoms with Crippen molar-refractivity contribution in [2.75, 3.05) is 18.0 Å². The van der Waals surface area contributed by atoms with Crippen molar-refractivity contribution < 1.29 is 19.6 Å². The molecule has 1 saturated heterocycles. The number of piperidine rings is 1. The normalized spacial score (nSPS) is 18.1. The summed E-state index contributed by atoms with van der Waals surface area (Å²) in [6.45, 7) is 1.13. The molecule has 0 amide bonds. The zero-order valence-corrected chi connectivity index (χ0v) is 7.96. The van der Waals surface area contributed by atoms with Crippen molar-refractivity contribution in [3.8, 4) is 0 Å². The van der Waals surface area contributed by atoms with Gasteiger partial charge in [-0.15, -0.1) is 0 Å². The van der Waals surface area contributed by atoms with Crippen LogP contribution in [-0.2, 0) is 0 Å². The van der Waals surface area contributed by atoms with Crippen LogP contribution < -0.4 is 4.90 Å². The number of anilines is 1. The molecule has 0 unspecified atom stereocenters. The third-order valence-corrected chi connectivity index (χ3v) is 2.44. The fourth-order valence-corrected chi connectivity index (χ4v) is 1.60. The number of aliphatic hydroxyl groups is 1. The standard InChI is InChI=1S/C8H11N3O4/c12-5-1-3-11(4-2-5)7-6(8(13)14)9-15-10-7/h5,12H,1-4H2,(H,13,14). The van der Waals surface area contributed by atoms with E-state index in [2.05, 4.69) is 14.9 Å². The number of hydrogen-bond acceptors (Lipinski definition) is 6. The van der Waals surface area contributed by atoms with Gasteiger partial charge in [0.2, 0.25) is 11.5 Å². The number of rotatable bonds is 2. The molecule has 0 saturated carbocycles. The second-order valence-electron chi connectivity index (χ2n) is 3.46. The van der Waals surface area contributed by atoms with E-state index in [1.165, 1.54) is 0 Å². The van der Waals surface area contributed by atoms with Crippen LogP contribution in [0.15, 0.2) is 4.63 Å². The predicted octanol–water partition coefficient (Wildman–Crippen LogP) is -0.271. The molecule has 1 aromatic rings. The Balaban J connectivity index is 2.15. The van der Waals surface area contributed by atoms with Gasteiger partial charge >= 0.3 is 5.97 Å². The van der Waals surface area contributed by atoms with Gasteiger partial charge < -0.3 is 15.1 Å². The minimum Gasteiger partial charge on any atom is -0.476 e. The van der Waals surface area contributed by atoms with E-state index in [0.717, 1.165) is 0 Å². The molecule has 0 spiro atoms. The molecule has 2 rings (SSSR count). The topological polar surface area (TPSA) is 99.7 Å². The van der Waals surface area contributed by atoms with Gasteiger partial charge in [-0.1, -0.05) is 0 Å². The summed E-state index contributed by atoms with van der Waals surface area (Å²) in [6.07, 6.45) is 0.895. The maximum Gasteiger partial charge on any atom is 0.362 e. The van der Waals surface area contributed by atoms with E-state index in [1.54, 1.807) is 4.90 Å². The van der Waals surface area contributed by atoms with Crippen molar-refractivity contribution in [1.29, 1.82) is 0 Å². The highest BCUT2D eigenvalue weighted by Gasteiger charge is 2.26. The number of aliphatic hydroxyl groups excluding tert-OH is 1. The minimum absolute atomic E-state index is 0.175. The van der Waals surface area contributed by atoms with Crippen LogP contribution in [0.2, 0.25) is 0 Å². The Hall–Kier alpha value is -1.63. The zero-order valence-electron chi connectivity index (χ0n) is 7.96. The zero-order chi connectivity index (χ0) is 10.8. The van der Waals surface area contributed by atoms with Gasteiger partial charge in [0.15, 0.2) is 0 Å². The van der Waals surface area contributed by atoms with E-state index in [-0.39, 0.29) is 17.6 Å². The Bertz CT molecular complexity index is 357. The fraction of sp³-hybridized carbons (Fsp3) is 0.625. The summed E-state index contributed by atoms with van der Waals surface area (Å²) in [5.41, 5.74) is -0.175. The van der Waals surface area contributed by atoms with Crippen LogP contribution in [-0.4, -0.2) is 45.7 Å². The van der Waals surface area contributed by atoms with E-state index < -0.39 is 5.97 Å². The molecular formula is C8H11N3O4.